The first-order chi connectivity index (χ1) is 6.56. The molecule has 0 radical (unpaired) electrons. The zero-order valence-corrected chi connectivity index (χ0v) is 7.39. The summed E-state index contributed by atoms with van der Waals surface area (Å²) >= 11 is 5.48. The van der Waals surface area contributed by atoms with E-state index in [2.05, 4.69) is 5.18 Å². The van der Waals surface area contributed by atoms with Crippen LogP contribution in [0.3, 0.4) is 0 Å². The van der Waals surface area contributed by atoms with E-state index < -0.39 is 16.5 Å². The van der Waals surface area contributed by atoms with Gasteiger partial charge in [-0.1, -0.05) is 11.6 Å². The Hall–Kier alpha value is -1.82. The van der Waals surface area contributed by atoms with Crippen LogP contribution >= 0.6 is 11.6 Å². The summed E-state index contributed by atoms with van der Waals surface area (Å²) in [5, 5.41) is 12.4. The summed E-state index contributed by atoms with van der Waals surface area (Å²) in [6.07, 6.45) is 0. The van der Waals surface area contributed by atoms with Crippen molar-refractivity contribution in [2.75, 3.05) is 0 Å². The van der Waals surface area contributed by atoms with Gasteiger partial charge in [-0.2, -0.15) is 0 Å². The van der Waals surface area contributed by atoms with Crippen LogP contribution in [-0.4, -0.2) is 10.8 Å². The number of nitroso groups, excluding NO2 is 1. The van der Waals surface area contributed by atoms with Gasteiger partial charge in [0.25, 0.3) is 5.69 Å². The number of nitrogens with zero attached hydrogens (tertiary/aromatic N) is 2. The Morgan fingerprint density at radius 1 is 1.50 bits per heavy atom. The lowest BCUT2D eigenvalue weighted by Gasteiger charge is -1.96. The number of amides is 1. The molecular formula is C7H3ClN2O4. The lowest BCUT2D eigenvalue weighted by Crippen LogP contribution is -1.96. The van der Waals surface area contributed by atoms with Crippen molar-refractivity contribution in [1.82, 2.24) is 0 Å². The van der Waals surface area contributed by atoms with Crippen LogP contribution in [0.4, 0.5) is 5.69 Å². The first-order valence-corrected chi connectivity index (χ1v) is 3.75. The highest BCUT2D eigenvalue weighted by molar-refractivity contribution is 6.32. The minimum Gasteiger partial charge on any atom is -0.263 e. The summed E-state index contributed by atoms with van der Waals surface area (Å²) in [5.41, 5.74) is -0.586. The smallest absolute Gasteiger partial charge is 0.263 e. The second-order valence-electron chi connectivity index (χ2n) is 2.32. The zero-order chi connectivity index (χ0) is 10.7. The number of carbonyl (C=O) groups is 1. The first kappa shape index (κ1) is 10.3. The van der Waals surface area contributed by atoms with Crippen molar-refractivity contribution in [1.29, 1.82) is 0 Å². The highest BCUT2D eigenvalue weighted by Crippen LogP contribution is 2.25. The van der Waals surface area contributed by atoms with Crippen molar-refractivity contribution in [2.24, 2.45) is 5.18 Å². The van der Waals surface area contributed by atoms with Crippen LogP contribution in [0.2, 0.25) is 5.02 Å². The molecule has 0 spiro atoms. The standard InChI is InChI=1S/C7H3ClN2O4/c8-5-2-1-4(7(11)9-12)3-6(5)10(13)14/h1-3H. The molecule has 0 heterocycles. The fraction of sp³-hybridized carbons (Fsp3) is 0. The topological polar surface area (TPSA) is 89.6 Å². The van der Waals surface area contributed by atoms with Crippen LogP contribution in [0.5, 0.6) is 0 Å². The van der Waals surface area contributed by atoms with Gasteiger partial charge in [0, 0.05) is 11.2 Å². The Balaban J connectivity index is 3.25. The van der Waals surface area contributed by atoms with Gasteiger partial charge in [0.15, 0.2) is 0 Å². The Morgan fingerprint density at radius 2 is 2.14 bits per heavy atom. The molecule has 0 aliphatic heterocycles. The third-order valence-electron chi connectivity index (χ3n) is 1.47. The van der Waals surface area contributed by atoms with Crippen molar-refractivity contribution >= 4 is 23.2 Å². The molecule has 6 nitrogen and oxygen atoms in total. The quantitative estimate of drug-likeness (QED) is 0.429. The van der Waals surface area contributed by atoms with Gasteiger partial charge in [0.1, 0.15) is 5.02 Å². The maximum absolute atomic E-state index is 10.8. The summed E-state index contributed by atoms with van der Waals surface area (Å²) < 4.78 is 0. The first-order valence-electron chi connectivity index (χ1n) is 3.38. The molecule has 1 aromatic rings. The molecule has 0 N–H and O–H groups in total. The molecule has 0 saturated heterocycles. The minimum absolute atomic E-state index is 0.0996. The fourth-order valence-corrected chi connectivity index (χ4v) is 1.02. The molecule has 0 aromatic heterocycles. The highest BCUT2D eigenvalue weighted by Gasteiger charge is 2.16. The summed E-state index contributed by atoms with van der Waals surface area (Å²) in [6.45, 7) is 0. The van der Waals surface area contributed by atoms with E-state index >= 15 is 0 Å². The maximum Gasteiger partial charge on any atom is 0.317 e. The second kappa shape index (κ2) is 3.93. The Bertz CT molecular complexity index is 418. The summed E-state index contributed by atoms with van der Waals surface area (Å²) in [6, 6.07) is 3.27. The average Bonchev–Trinajstić information content (AvgIpc) is 2.17. The van der Waals surface area contributed by atoms with Crippen molar-refractivity contribution in [3.63, 3.8) is 0 Å². The SMILES string of the molecule is O=NC(=O)c1ccc(Cl)c([N+](=O)[O-])c1. The van der Waals surface area contributed by atoms with Crippen molar-refractivity contribution < 1.29 is 9.72 Å². The molecule has 0 saturated carbocycles. The molecule has 7 heteroatoms. The van der Waals surface area contributed by atoms with Gasteiger partial charge in [-0.3, -0.25) is 14.9 Å². The predicted octanol–water partition coefficient (Wildman–Crippen LogP) is 2.15. The molecule has 1 aromatic carbocycles. The molecule has 1 rings (SSSR count). The number of benzene rings is 1. The van der Waals surface area contributed by atoms with E-state index in [-0.39, 0.29) is 10.6 Å². The van der Waals surface area contributed by atoms with Gasteiger partial charge in [-0.15, -0.1) is 4.91 Å². The molecular weight excluding hydrogens is 212 g/mol. The molecule has 1 amide bonds. The zero-order valence-electron chi connectivity index (χ0n) is 6.64. The third kappa shape index (κ3) is 1.91. The van der Waals surface area contributed by atoms with Crippen molar-refractivity contribution in [3.05, 3.63) is 43.8 Å². The van der Waals surface area contributed by atoms with Crippen molar-refractivity contribution in [2.45, 2.75) is 0 Å². The monoisotopic (exact) mass is 214 g/mol. The second-order valence-corrected chi connectivity index (χ2v) is 2.73. The van der Waals surface area contributed by atoms with E-state index in [1.165, 1.54) is 6.07 Å². The summed E-state index contributed by atoms with van der Waals surface area (Å²) in [4.78, 5) is 30.3. The number of nitro benzene ring substituents is 1. The number of rotatable bonds is 2. The third-order valence-corrected chi connectivity index (χ3v) is 1.79. The Kier molecular flexibility index (Phi) is 2.88. The molecule has 0 aliphatic carbocycles. The van der Waals surface area contributed by atoms with Crippen LogP contribution in [0, 0.1) is 15.0 Å². The number of nitro groups is 1. The van der Waals surface area contributed by atoms with Gasteiger partial charge in [-0.25, -0.2) is 0 Å². The molecule has 14 heavy (non-hydrogen) atoms. The normalized spacial score (nSPS) is 9.50. The van der Waals surface area contributed by atoms with Gasteiger partial charge in [0.2, 0.25) is 0 Å². The lowest BCUT2D eigenvalue weighted by molar-refractivity contribution is -0.384. The molecule has 0 fully saturated rings. The van der Waals surface area contributed by atoms with E-state index in [4.69, 9.17) is 11.6 Å². The van der Waals surface area contributed by atoms with E-state index in [1.54, 1.807) is 0 Å². The Morgan fingerprint density at radius 3 is 2.64 bits per heavy atom. The average molecular weight is 215 g/mol. The van der Waals surface area contributed by atoms with E-state index in [0.29, 0.717) is 0 Å². The number of carbonyl (C=O) groups excluding carboxylic acids is 1. The van der Waals surface area contributed by atoms with Crippen LogP contribution in [-0.2, 0) is 0 Å². The maximum atomic E-state index is 10.8. The summed E-state index contributed by atoms with van der Waals surface area (Å²) in [5.74, 6) is -1.07. The van der Waals surface area contributed by atoms with Gasteiger partial charge < -0.3 is 0 Å². The molecule has 0 atom stereocenters. The van der Waals surface area contributed by atoms with Crippen LogP contribution < -0.4 is 0 Å². The number of halogens is 1. The van der Waals surface area contributed by atoms with Crippen LogP contribution in [0.15, 0.2) is 23.4 Å². The molecule has 0 bridgehead atoms. The predicted molar refractivity (Wildman–Crippen MR) is 48.2 cm³/mol. The van der Waals surface area contributed by atoms with E-state index in [1.807, 2.05) is 0 Å². The summed E-state index contributed by atoms with van der Waals surface area (Å²) in [7, 11) is 0. The van der Waals surface area contributed by atoms with Crippen LogP contribution in [0.1, 0.15) is 10.4 Å². The number of hydrogen-bond donors (Lipinski definition) is 0. The minimum atomic E-state index is -1.07. The van der Waals surface area contributed by atoms with Gasteiger partial charge >= 0.3 is 5.91 Å². The van der Waals surface area contributed by atoms with Gasteiger partial charge in [-0.05, 0) is 12.1 Å². The van der Waals surface area contributed by atoms with E-state index in [0.717, 1.165) is 12.1 Å². The van der Waals surface area contributed by atoms with E-state index in [9.17, 15) is 19.8 Å². The molecule has 0 unspecified atom stereocenters. The Labute approximate surface area is 82.6 Å². The highest BCUT2D eigenvalue weighted by atomic mass is 35.5. The molecule has 0 aliphatic rings. The largest absolute Gasteiger partial charge is 0.317 e. The van der Waals surface area contributed by atoms with Crippen LogP contribution in [0.25, 0.3) is 0 Å². The molecule has 72 valence electrons. The number of hydrogen-bond acceptors (Lipinski definition) is 4. The lowest BCUT2D eigenvalue weighted by atomic mass is 10.2. The van der Waals surface area contributed by atoms with Gasteiger partial charge in [0.05, 0.1) is 10.5 Å². The fourth-order valence-electron chi connectivity index (χ4n) is 0.838. The van der Waals surface area contributed by atoms with Crippen molar-refractivity contribution in [3.8, 4) is 0 Å².